The van der Waals surface area contributed by atoms with Gasteiger partial charge < -0.3 is 0 Å². The second-order valence-corrected chi connectivity index (χ2v) is 17.5. The molecule has 0 bridgehead atoms. The van der Waals surface area contributed by atoms with Crippen molar-refractivity contribution in [3.63, 3.8) is 0 Å². The maximum atomic E-state index is 12.2. The topological polar surface area (TPSA) is 57.1 Å². The summed E-state index contributed by atoms with van der Waals surface area (Å²) in [5, 5.41) is 0. The fourth-order valence-corrected chi connectivity index (χ4v) is 14.5. The van der Waals surface area contributed by atoms with Gasteiger partial charge in [0, 0.05) is 0 Å². The molecule has 0 radical (unpaired) electrons. The van der Waals surface area contributed by atoms with E-state index in [0.717, 1.165) is 21.7 Å². The molecule has 5 nitrogen and oxygen atoms in total. The Hall–Kier alpha value is -2.62. The first-order valence-electron chi connectivity index (χ1n) is 10.7. The number of rotatable bonds is 3. The summed E-state index contributed by atoms with van der Waals surface area (Å²) in [6.45, 7) is 0. The summed E-state index contributed by atoms with van der Waals surface area (Å²) in [6, 6.07) is 29.2. The van der Waals surface area contributed by atoms with Gasteiger partial charge in [-0.25, -0.2) is 0 Å². The number of aliphatic imine (C=N–C) groups is 1. The molecule has 0 atom stereocenters. The van der Waals surface area contributed by atoms with Gasteiger partial charge in [0.15, 0.2) is 0 Å². The zero-order valence-electron chi connectivity index (χ0n) is 18.6. The van der Waals surface area contributed by atoms with Crippen LogP contribution in [-0.4, -0.2) is 38.5 Å². The molecular formula is C27H19Br2NO4Sn. The zero-order chi connectivity index (χ0) is 24.4. The number of ether oxygens (including phenoxy) is 1. The molecule has 0 fully saturated rings. The summed E-state index contributed by atoms with van der Waals surface area (Å²) >= 11 is 2.83. The number of fused-ring (bicyclic) bond motifs is 2. The van der Waals surface area contributed by atoms with E-state index >= 15 is 0 Å². The first kappa shape index (κ1) is 24.1. The number of carbonyl (C=O) groups is 1. The maximum absolute atomic E-state index is 12.2. The predicted octanol–water partition coefficient (Wildman–Crippen LogP) is 5.78. The summed E-state index contributed by atoms with van der Waals surface area (Å²) < 4.78 is 22.6. The van der Waals surface area contributed by atoms with Crippen LogP contribution in [-0.2, 0) is 4.74 Å². The Labute approximate surface area is 225 Å². The van der Waals surface area contributed by atoms with Gasteiger partial charge in [0.25, 0.3) is 0 Å². The van der Waals surface area contributed by atoms with Crippen LogP contribution in [0.3, 0.4) is 0 Å². The molecule has 35 heavy (non-hydrogen) atoms. The number of benzene rings is 4. The molecule has 0 spiro atoms. The molecule has 0 N–H and O–H groups in total. The Morgan fingerprint density at radius 2 is 1.51 bits per heavy atom. The van der Waals surface area contributed by atoms with E-state index in [9.17, 15) is 4.79 Å². The quantitative estimate of drug-likeness (QED) is 0.201. The van der Waals surface area contributed by atoms with E-state index in [1.807, 2.05) is 48.5 Å². The molecule has 5 rings (SSSR count). The van der Waals surface area contributed by atoms with Crippen LogP contribution in [0.25, 0.3) is 0 Å². The Kier molecular flexibility index (Phi) is 7.00. The van der Waals surface area contributed by atoms with Crippen molar-refractivity contribution in [2.45, 2.75) is 0 Å². The molecule has 0 saturated heterocycles. The van der Waals surface area contributed by atoms with E-state index in [1.54, 1.807) is 24.4 Å². The second-order valence-electron chi connectivity index (χ2n) is 7.79. The first-order valence-corrected chi connectivity index (χ1v) is 17.5. The number of methoxy groups -OCH3 is 1. The number of hydrogen-bond acceptors (Lipinski definition) is 5. The molecule has 0 saturated carbocycles. The molecule has 4 aromatic rings. The van der Waals surface area contributed by atoms with Crippen molar-refractivity contribution in [2.24, 2.45) is 4.99 Å². The van der Waals surface area contributed by atoms with Crippen molar-refractivity contribution in [3.8, 4) is 11.5 Å². The minimum atomic E-state index is -4.44. The van der Waals surface area contributed by atoms with Crippen molar-refractivity contribution in [1.82, 2.24) is 0 Å². The number of hydrogen-bond donors (Lipinski definition) is 0. The Morgan fingerprint density at radius 3 is 2.14 bits per heavy atom. The molecule has 4 aromatic carbocycles. The Balaban J connectivity index is 1.83. The summed E-state index contributed by atoms with van der Waals surface area (Å²) in [6.07, 6.45) is 1.73. The van der Waals surface area contributed by atoms with E-state index in [1.165, 1.54) is 7.11 Å². The standard InChI is InChI=1S/C15H11Br2NO4.2C6H5.Sn/c1-22-15(21)8-2-3-13(19)12(5-8)18-7-9-4-10(16)6-11(17)14(9)20;2*1-2-4-6-5-3-1;/h2-7,19-20H,1H3;2*1-5H;/q;;;+2/p-2. The molecule has 0 amide bonds. The zero-order valence-corrected chi connectivity index (χ0v) is 24.6. The van der Waals surface area contributed by atoms with Gasteiger partial charge in [0.2, 0.25) is 0 Å². The van der Waals surface area contributed by atoms with Crippen LogP contribution in [0, 0.1) is 0 Å². The number of halogens is 2. The van der Waals surface area contributed by atoms with Crippen molar-refractivity contribution >= 4 is 76.1 Å². The molecule has 1 heterocycles. The fourth-order valence-electron chi connectivity index (χ4n) is 3.91. The number of carbonyl (C=O) groups excluding carboxylic acids is 1. The summed E-state index contributed by atoms with van der Waals surface area (Å²) in [5.41, 5.74) is 1.69. The van der Waals surface area contributed by atoms with Gasteiger partial charge in [0.1, 0.15) is 0 Å². The summed E-state index contributed by atoms with van der Waals surface area (Å²) in [7, 11) is 1.36. The molecule has 174 valence electrons. The molecule has 1 aliphatic heterocycles. The van der Waals surface area contributed by atoms with Gasteiger partial charge in [-0.2, -0.15) is 0 Å². The van der Waals surface area contributed by atoms with E-state index in [4.69, 9.17) is 15.9 Å². The van der Waals surface area contributed by atoms with Crippen LogP contribution in [0.2, 0.25) is 0 Å². The normalized spacial score (nSPS) is 13.7. The molecule has 0 aliphatic carbocycles. The number of nitrogens with zero attached hydrogens (tertiary/aromatic N) is 1. The molecule has 0 aromatic heterocycles. The third kappa shape index (κ3) is 4.77. The van der Waals surface area contributed by atoms with Gasteiger partial charge in [-0.3, -0.25) is 0 Å². The SMILES string of the molecule is COC(=O)c1ccc2c(c1)N=Cc1cc(Br)cc(Br)c1[O][Sn]([c]1ccccc1)([c]1ccccc1)[O]2. The molecule has 8 heteroatoms. The van der Waals surface area contributed by atoms with Gasteiger partial charge >= 0.3 is 226 Å². The van der Waals surface area contributed by atoms with E-state index in [2.05, 4.69) is 56.1 Å². The average molecular weight is 700 g/mol. The van der Waals surface area contributed by atoms with Crippen molar-refractivity contribution in [1.29, 1.82) is 0 Å². The Bertz CT molecular complexity index is 1390. The average Bonchev–Trinajstić information content (AvgIpc) is 2.96. The van der Waals surface area contributed by atoms with Crippen LogP contribution in [0.4, 0.5) is 5.69 Å². The third-order valence-electron chi connectivity index (χ3n) is 5.57. The Morgan fingerprint density at radius 1 is 0.857 bits per heavy atom. The van der Waals surface area contributed by atoms with Crippen LogP contribution in [0.5, 0.6) is 11.5 Å². The number of esters is 1. The third-order valence-corrected chi connectivity index (χ3v) is 15.7. The van der Waals surface area contributed by atoms with Crippen molar-refractivity contribution in [3.05, 3.63) is 111 Å². The van der Waals surface area contributed by atoms with Gasteiger partial charge in [-0.1, -0.05) is 0 Å². The monoisotopic (exact) mass is 699 g/mol. The molecule has 1 aliphatic rings. The van der Waals surface area contributed by atoms with Crippen LogP contribution in [0.15, 0.2) is 105 Å². The summed E-state index contributed by atoms with van der Waals surface area (Å²) in [5.74, 6) is 0.757. The van der Waals surface area contributed by atoms with E-state index in [-0.39, 0.29) is 0 Å². The molecular weight excluding hydrogens is 681 g/mol. The van der Waals surface area contributed by atoms with E-state index < -0.39 is 25.2 Å². The van der Waals surface area contributed by atoms with Gasteiger partial charge in [0.05, 0.1) is 0 Å². The van der Waals surface area contributed by atoms with Crippen LogP contribution >= 0.6 is 31.9 Å². The summed E-state index contributed by atoms with van der Waals surface area (Å²) in [4.78, 5) is 17.0. The predicted molar refractivity (Wildman–Crippen MR) is 146 cm³/mol. The first-order chi connectivity index (χ1) is 17.0. The second kappa shape index (κ2) is 10.2. The van der Waals surface area contributed by atoms with Crippen molar-refractivity contribution in [2.75, 3.05) is 7.11 Å². The fraction of sp³-hybridized carbons (Fsp3) is 0.0370. The van der Waals surface area contributed by atoms with Gasteiger partial charge in [-0.05, 0) is 0 Å². The van der Waals surface area contributed by atoms with Gasteiger partial charge in [-0.15, -0.1) is 0 Å². The van der Waals surface area contributed by atoms with E-state index in [0.29, 0.717) is 22.7 Å². The van der Waals surface area contributed by atoms with Crippen LogP contribution in [0.1, 0.15) is 15.9 Å². The van der Waals surface area contributed by atoms with Crippen molar-refractivity contribution < 1.29 is 15.7 Å². The molecule has 0 unspecified atom stereocenters. The van der Waals surface area contributed by atoms with Crippen LogP contribution < -0.4 is 13.3 Å². The minimum absolute atomic E-state index is 0.392.